The van der Waals surface area contributed by atoms with E-state index in [9.17, 15) is 0 Å². The molecule has 3 aromatic rings. The summed E-state index contributed by atoms with van der Waals surface area (Å²) in [4.78, 5) is 9.27. The number of aromatic nitrogens is 2. The first kappa shape index (κ1) is 18.2. The molecule has 7 nitrogen and oxygen atoms in total. The van der Waals surface area contributed by atoms with Crippen molar-refractivity contribution in [2.45, 2.75) is 26.9 Å². The number of nitrogens with two attached hydrogens (primary N) is 1. The average molecular weight is 379 g/mol. The van der Waals surface area contributed by atoms with Gasteiger partial charge in [-0.3, -0.25) is 9.88 Å². The Labute approximate surface area is 164 Å². The van der Waals surface area contributed by atoms with Gasteiger partial charge in [-0.05, 0) is 37.1 Å². The molecular weight excluding hydrogens is 354 g/mol. The first-order chi connectivity index (χ1) is 13.6. The highest BCUT2D eigenvalue weighted by Crippen LogP contribution is 2.36. The molecule has 0 saturated heterocycles. The number of hydrogen-bond donors (Lipinski definition) is 2. The number of ether oxygens (including phenoxy) is 2. The maximum Gasteiger partial charge on any atom is 0.212 e. The molecule has 1 aliphatic rings. The second-order valence-electron chi connectivity index (χ2n) is 7.15. The summed E-state index contributed by atoms with van der Waals surface area (Å²) in [6, 6.07) is 13.9. The molecule has 0 saturated carbocycles. The molecule has 0 radical (unpaired) electrons. The normalized spacial score (nSPS) is 15.9. The van der Waals surface area contributed by atoms with E-state index in [0.717, 1.165) is 22.3 Å². The molecule has 2 heterocycles. The molecule has 0 spiro atoms. The third-order valence-electron chi connectivity index (χ3n) is 4.48. The second kappa shape index (κ2) is 7.42. The van der Waals surface area contributed by atoms with Crippen molar-refractivity contribution in [2.24, 2.45) is 16.6 Å². The fourth-order valence-corrected chi connectivity index (χ4v) is 3.27. The standard InChI is InChI=1S/C21H25N5O2/c1-4-27-18-11-14(9-10-17(18)28-12-13(2)3)19-24-20(22)25-21-23-15-7-5-6-8-16(15)26(19)21/h5-11,13,19H,4,12H2,1-3H3,(H3,22,23,24,25)/t19-/m1/s1. The average Bonchev–Trinajstić information content (AvgIpc) is 3.04. The van der Waals surface area contributed by atoms with E-state index >= 15 is 0 Å². The molecule has 1 aliphatic heterocycles. The van der Waals surface area contributed by atoms with Crippen LogP contribution in [0.5, 0.6) is 11.5 Å². The predicted octanol–water partition coefficient (Wildman–Crippen LogP) is 3.76. The van der Waals surface area contributed by atoms with Crippen molar-refractivity contribution in [3.8, 4) is 11.5 Å². The van der Waals surface area contributed by atoms with Gasteiger partial charge in [0.15, 0.2) is 23.6 Å². The molecule has 28 heavy (non-hydrogen) atoms. The molecule has 146 valence electrons. The Morgan fingerprint density at radius 1 is 1.14 bits per heavy atom. The molecule has 0 fully saturated rings. The van der Waals surface area contributed by atoms with Crippen molar-refractivity contribution >= 4 is 22.9 Å². The molecule has 0 aliphatic carbocycles. The monoisotopic (exact) mass is 379 g/mol. The van der Waals surface area contributed by atoms with E-state index in [4.69, 9.17) is 15.2 Å². The number of imidazole rings is 1. The van der Waals surface area contributed by atoms with E-state index in [-0.39, 0.29) is 6.17 Å². The van der Waals surface area contributed by atoms with Crippen LogP contribution >= 0.6 is 0 Å². The lowest BCUT2D eigenvalue weighted by atomic mass is 10.1. The number of benzene rings is 2. The number of aliphatic imine (C=N–C) groups is 1. The highest BCUT2D eigenvalue weighted by atomic mass is 16.5. The van der Waals surface area contributed by atoms with Crippen LogP contribution in [0.2, 0.25) is 0 Å². The Morgan fingerprint density at radius 3 is 2.75 bits per heavy atom. The number of guanidine groups is 1. The van der Waals surface area contributed by atoms with Crippen molar-refractivity contribution < 1.29 is 9.47 Å². The Kier molecular flexibility index (Phi) is 4.81. The highest BCUT2D eigenvalue weighted by Gasteiger charge is 2.26. The molecule has 7 heteroatoms. The van der Waals surface area contributed by atoms with Gasteiger partial charge in [0.25, 0.3) is 0 Å². The van der Waals surface area contributed by atoms with Crippen LogP contribution in [0.25, 0.3) is 11.0 Å². The quantitative estimate of drug-likeness (QED) is 0.681. The first-order valence-corrected chi connectivity index (χ1v) is 9.53. The van der Waals surface area contributed by atoms with Gasteiger partial charge in [0, 0.05) is 5.56 Å². The minimum Gasteiger partial charge on any atom is -0.490 e. The fourth-order valence-electron chi connectivity index (χ4n) is 3.27. The topological polar surface area (TPSA) is 86.7 Å². The van der Waals surface area contributed by atoms with Crippen LogP contribution in [0.15, 0.2) is 47.5 Å². The second-order valence-corrected chi connectivity index (χ2v) is 7.15. The highest BCUT2D eigenvalue weighted by molar-refractivity contribution is 5.94. The molecule has 3 N–H and O–H groups in total. The van der Waals surface area contributed by atoms with Gasteiger partial charge in [-0.15, -0.1) is 0 Å². The van der Waals surface area contributed by atoms with E-state index in [1.165, 1.54) is 0 Å². The molecule has 1 aromatic heterocycles. The molecular formula is C21H25N5O2. The molecule has 0 unspecified atom stereocenters. The summed E-state index contributed by atoms with van der Waals surface area (Å²) in [5, 5.41) is 3.06. The zero-order valence-corrected chi connectivity index (χ0v) is 16.3. The van der Waals surface area contributed by atoms with Crippen molar-refractivity contribution in [3.05, 3.63) is 48.0 Å². The van der Waals surface area contributed by atoms with Gasteiger partial charge >= 0.3 is 0 Å². The number of nitrogens with zero attached hydrogens (tertiary/aromatic N) is 3. The Balaban J connectivity index is 1.78. The summed E-state index contributed by atoms with van der Waals surface area (Å²) >= 11 is 0. The summed E-state index contributed by atoms with van der Waals surface area (Å²) < 4.78 is 13.8. The number of hydrogen-bond acceptors (Lipinski definition) is 6. The molecule has 2 aromatic carbocycles. The van der Waals surface area contributed by atoms with Crippen molar-refractivity contribution in [1.82, 2.24) is 9.55 Å². The van der Waals surface area contributed by atoms with Gasteiger partial charge in [-0.1, -0.05) is 32.0 Å². The number of rotatable bonds is 6. The van der Waals surface area contributed by atoms with Crippen molar-refractivity contribution in [3.63, 3.8) is 0 Å². The van der Waals surface area contributed by atoms with E-state index in [1.54, 1.807) is 0 Å². The van der Waals surface area contributed by atoms with Gasteiger partial charge < -0.3 is 15.2 Å². The summed E-state index contributed by atoms with van der Waals surface area (Å²) in [5.41, 5.74) is 8.87. The Bertz CT molecular complexity index is 1020. The minimum absolute atomic E-state index is 0.331. The van der Waals surface area contributed by atoms with Gasteiger partial charge in [-0.2, -0.15) is 0 Å². The summed E-state index contributed by atoms with van der Waals surface area (Å²) in [6.45, 7) is 7.38. The lowest BCUT2D eigenvalue weighted by Crippen LogP contribution is -2.31. The third kappa shape index (κ3) is 3.35. The van der Waals surface area contributed by atoms with Crippen LogP contribution in [-0.2, 0) is 0 Å². The molecule has 0 bridgehead atoms. The van der Waals surface area contributed by atoms with Crippen molar-refractivity contribution in [2.75, 3.05) is 18.5 Å². The Hall–Kier alpha value is -3.22. The van der Waals surface area contributed by atoms with E-state index in [1.807, 2.05) is 54.0 Å². The summed E-state index contributed by atoms with van der Waals surface area (Å²) in [5.74, 6) is 2.89. The van der Waals surface area contributed by atoms with Crippen LogP contribution in [0.3, 0.4) is 0 Å². The fraction of sp³-hybridized carbons (Fsp3) is 0.333. The zero-order chi connectivity index (χ0) is 19.7. The lowest BCUT2D eigenvalue weighted by molar-refractivity contribution is 0.248. The van der Waals surface area contributed by atoms with Crippen LogP contribution in [0, 0.1) is 5.92 Å². The molecule has 4 rings (SSSR count). The van der Waals surface area contributed by atoms with Crippen LogP contribution < -0.4 is 20.5 Å². The maximum atomic E-state index is 6.04. The lowest BCUT2D eigenvalue weighted by Gasteiger charge is -2.24. The number of para-hydroxylation sites is 2. The van der Waals surface area contributed by atoms with Gasteiger partial charge in [-0.25, -0.2) is 9.98 Å². The van der Waals surface area contributed by atoms with E-state index in [2.05, 4.69) is 29.1 Å². The minimum atomic E-state index is -0.331. The van der Waals surface area contributed by atoms with Gasteiger partial charge in [0.2, 0.25) is 5.95 Å². The smallest absolute Gasteiger partial charge is 0.212 e. The summed E-state index contributed by atoms with van der Waals surface area (Å²) in [6.07, 6.45) is -0.331. The van der Waals surface area contributed by atoms with Crippen LogP contribution in [0.4, 0.5) is 5.95 Å². The SMILES string of the molecule is CCOc1cc([C@@H]2N=C(N)Nc3nc4ccccc4n32)ccc1OCC(C)C. The number of fused-ring (bicyclic) bond motifs is 3. The number of nitrogens with one attached hydrogen (secondary N) is 1. The predicted molar refractivity (Wildman–Crippen MR) is 111 cm³/mol. The van der Waals surface area contributed by atoms with Crippen LogP contribution in [-0.4, -0.2) is 28.7 Å². The largest absolute Gasteiger partial charge is 0.490 e. The molecule has 1 atom stereocenters. The first-order valence-electron chi connectivity index (χ1n) is 9.53. The van der Waals surface area contributed by atoms with Crippen molar-refractivity contribution in [1.29, 1.82) is 0 Å². The van der Waals surface area contributed by atoms with E-state index in [0.29, 0.717) is 36.8 Å². The Morgan fingerprint density at radius 2 is 1.96 bits per heavy atom. The summed E-state index contributed by atoms with van der Waals surface area (Å²) in [7, 11) is 0. The number of anilines is 1. The third-order valence-corrected chi connectivity index (χ3v) is 4.48. The molecule has 0 amide bonds. The van der Waals surface area contributed by atoms with Gasteiger partial charge in [0.1, 0.15) is 0 Å². The van der Waals surface area contributed by atoms with E-state index < -0.39 is 0 Å². The van der Waals surface area contributed by atoms with Crippen LogP contribution in [0.1, 0.15) is 32.5 Å². The van der Waals surface area contributed by atoms with Gasteiger partial charge in [0.05, 0.1) is 24.2 Å². The zero-order valence-electron chi connectivity index (χ0n) is 16.3. The maximum absolute atomic E-state index is 6.04.